The average Bonchev–Trinajstić information content (AvgIpc) is 3.04. The zero-order chi connectivity index (χ0) is 19.7. The molecule has 3 aromatic rings. The molecule has 1 aliphatic rings. The molecule has 1 N–H and O–H groups in total. The molecule has 0 saturated heterocycles. The molecule has 0 spiro atoms. The van der Waals surface area contributed by atoms with Gasteiger partial charge in [0.1, 0.15) is 6.54 Å². The summed E-state index contributed by atoms with van der Waals surface area (Å²) in [7, 11) is 0. The van der Waals surface area contributed by atoms with Gasteiger partial charge in [0.05, 0.1) is 10.7 Å². The molecule has 0 bridgehead atoms. The number of aromatic nitrogens is 1. The Morgan fingerprint density at radius 2 is 1.93 bits per heavy atom. The van der Waals surface area contributed by atoms with E-state index in [2.05, 4.69) is 77.2 Å². The summed E-state index contributed by atoms with van der Waals surface area (Å²) >= 11 is 1.82. The number of hydrogen-bond acceptors (Lipinski definition) is 3. The maximum absolute atomic E-state index is 11.3. The van der Waals surface area contributed by atoms with Crippen molar-refractivity contribution in [1.82, 2.24) is 0 Å². The third kappa shape index (κ3) is 4.28. The molecule has 29 heavy (non-hydrogen) atoms. The first-order valence-electron chi connectivity index (χ1n) is 9.61. The van der Waals surface area contributed by atoms with Gasteiger partial charge in [-0.05, 0) is 44.2 Å². The molecule has 4 rings (SSSR count). The predicted molar refractivity (Wildman–Crippen MR) is 117 cm³/mol. The Kier molecular flexibility index (Phi) is 6.85. The van der Waals surface area contributed by atoms with Crippen LogP contribution in [0, 0.1) is 0 Å². The van der Waals surface area contributed by atoms with Gasteiger partial charge in [0.25, 0.3) is 0 Å². The second kappa shape index (κ2) is 9.17. The zero-order valence-electron chi connectivity index (χ0n) is 16.8. The van der Waals surface area contributed by atoms with Gasteiger partial charge in [0.2, 0.25) is 17.1 Å². The van der Waals surface area contributed by atoms with E-state index in [4.69, 9.17) is 0 Å². The normalized spacial score (nSPS) is 14.0. The van der Waals surface area contributed by atoms with Gasteiger partial charge in [0, 0.05) is 47.6 Å². The second-order valence-electron chi connectivity index (χ2n) is 6.75. The molecule has 2 aromatic carbocycles. The van der Waals surface area contributed by atoms with Gasteiger partial charge in [-0.25, -0.2) is 0 Å². The van der Waals surface area contributed by atoms with Crippen molar-refractivity contribution in [3.05, 3.63) is 65.3 Å². The first-order valence-corrected chi connectivity index (χ1v) is 10.4. The molecule has 0 unspecified atom stereocenters. The van der Waals surface area contributed by atoms with Crippen molar-refractivity contribution in [3.8, 4) is 0 Å². The highest BCUT2D eigenvalue weighted by atomic mass is 127. The smallest absolute Gasteiger partial charge is 0.221 e. The van der Waals surface area contributed by atoms with Gasteiger partial charge in [0.15, 0.2) is 0 Å². The van der Waals surface area contributed by atoms with E-state index >= 15 is 0 Å². The van der Waals surface area contributed by atoms with Crippen LogP contribution < -0.4 is 38.8 Å². The Labute approximate surface area is 193 Å². The van der Waals surface area contributed by atoms with E-state index in [0.717, 1.165) is 29.7 Å². The van der Waals surface area contributed by atoms with E-state index in [0.29, 0.717) is 0 Å². The molecule has 1 aromatic heterocycles. The Balaban J connectivity index is 0.00000240. The number of anilines is 2. The van der Waals surface area contributed by atoms with E-state index in [1.165, 1.54) is 28.2 Å². The summed E-state index contributed by atoms with van der Waals surface area (Å²) in [6.07, 6.45) is 2.28. The number of thioether (sulfide) groups is 1. The zero-order valence-corrected chi connectivity index (χ0v) is 19.8. The SMILES string of the molecule is CCN1C(=Cc2ccc3cc(NC(C)=O)ccc3[n+]2CC)Sc2ccccc21.[I-]. The summed E-state index contributed by atoms with van der Waals surface area (Å²) < 4.78 is 2.32. The summed E-state index contributed by atoms with van der Waals surface area (Å²) in [5.41, 5.74) is 4.45. The highest BCUT2D eigenvalue weighted by Crippen LogP contribution is 2.46. The van der Waals surface area contributed by atoms with Crippen molar-refractivity contribution in [2.24, 2.45) is 0 Å². The summed E-state index contributed by atoms with van der Waals surface area (Å²) in [6, 6.07) is 18.9. The standard InChI is InChI=1S/C23H23N3OS.HI/c1-4-25-19(12-10-17-14-18(24-16(3)27)11-13-20(17)25)15-23-26(5-2)21-8-6-7-9-22(21)28-23;/h6-15H,4-5H2,1-3H3;1H. The number of pyridine rings is 1. The van der Waals surface area contributed by atoms with Crippen LogP contribution >= 0.6 is 11.8 Å². The van der Waals surface area contributed by atoms with Crippen LogP contribution in [0.25, 0.3) is 17.0 Å². The molecule has 0 saturated carbocycles. The van der Waals surface area contributed by atoms with E-state index in [1.54, 1.807) is 0 Å². The van der Waals surface area contributed by atoms with Crippen LogP contribution in [0.5, 0.6) is 0 Å². The van der Waals surface area contributed by atoms with E-state index in [-0.39, 0.29) is 29.9 Å². The molecule has 1 amide bonds. The summed E-state index contributed by atoms with van der Waals surface area (Å²) in [4.78, 5) is 15.0. The van der Waals surface area contributed by atoms with Gasteiger partial charge in [-0.3, -0.25) is 4.79 Å². The van der Waals surface area contributed by atoms with E-state index in [1.807, 2.05) is 23.9 Å². The number of benzene rings is 2. The molecular weight excluding hydrogens is 493 g/mol. The summed E-state index contributed by atoms with van der Waals surface area (Å²) in [5.74, 6) is -0.0541. The molecule has 150 valence electrons. The molecule has 0 aliphatic carbocycles. The maximum atomic E-state index is 11.3. The van der Waals surface area contributed by atoms with E-state index < -0.39 is 0 Å². The molecule has 0 atom stereocenters. The number of amides is 1. The van der Waals surface area contributed by atoms with Crippen molar-refractivity contribution in [2.45, 2.75) is 32.2 Å². The van der Waals surface area contributed by atoms with Gasteiger partial charge in [-0.1, -0.05) is 23.9 Å². The number of hydrogen-bond donors (Lipinski definition) is 1. The minimum Gasteiger partial charge on any atom is -1.00 e. The first kappa shape index (κ1) is 21.6. The van der Waals surface area contributed by atoms with Crippen LogP contribution in [0.4, 0.5) is 11.4 Å². The molecule has 2 heterocycles. The first-order chi connectivity index (χ1) is 13.6. The van der Waals surface area contributed by atoms with Crippen molar-refractivity contribution in [1.29, 1.82) is 0 Å². The lowest BCUT2D eigenvalue weighted by molar-refractivity contribution is -0.669. The molecule has 1 aliphatic heterocycles. The van der Waals surface area contributed by atoms with Crippen molar-refractivity contribution < 1.29 is 33.3 Å². The van der Waals surface area contributed by atoms with Crippen molar-refractivity contribution in [2.75, 3.05) is 16.8 Å². The Bertz CT molecular complexity index is 1100. The number of para-hydroxylation sites is 1. The van der Waals surface area contributed by atoms with Crippen LogP contribution in [0.3, 0.4) is 0 Å². The Hall–Kier alpha value is -2.06. The minimum absolute atomic E-state index is 0. The van der Waals surface area contributed by atoms with Crippen LogP contribution in [0.2, 0.25) is 0 Å². The van der Waals surface area contributed by atoms with Crippen LogP contribution in [0.15, 0.2) is 64.5 Å². The van der Waals surface area contributed by atoms with Gasteiger partial charge >= 0.3 is 0 Å². The quantitative estimate of drug-likeness (QED) is 0.425. The maximum Gasteiger partial charge on any atom is 0.221 e. The number of aryl methyl sites for hydroxylation is 1. The number of halogens is 1. The summed E-state index contributed by atoms with van der Waals surface area (Å²) in [6.45, 7) is 7.70. The number of nitrogens with zero attached hydrogens (tertiary/aromatic N) is 2. The predicted octanol–water partition coefficient (Wildman–Crippen LogP) is 2.04. The van der Waals surface area contributed by atoms with Crippen LogP contribution in [-0.2, 0) is 11.3 Å². The number of fused-ring (bicyclic) bond motifs is 2. The molecular formula is C23H24IN3OS. The van der Waals surface area contributed by atoms with Crippen molar-refractivity contribution in [3.63, 3.8) is 0 Å². The van der Waals surface area contributed by atoms with E-state index in [9.17, 15) is 4.79 Å². The molecule has 0 radical (unpaired) electrons. The minimum atomic E-state index is -0.0541. The topological polar surface area (TPSA) is 36.2 Å². The number of rotatable bonds is 4. The highest BCUT2D eigenvalue weighted by Gasteiger charge is 2.25. The van der Waals surface area contributed by atoms with Crippen LogP contribution in [0.1, 0.15) is 26.5 Å². The Morgan fingerprint density at radius 1 is 1.14 bits per heavy atom. The fourth-order valence-electron chi connectivity index (χ4n) is 3.71. The van der Waals surface area contributed by atoms with Crippen molar-refractivity contribution >= 4 is 46.0 Å². The number of carbonyl (C=O) groups excluding carboxylic acids is 1. The van der Waals surface area contributed by atoms with Gasteiger partial charge in [-0.2, -0.15) is 4.57 Å². The Morgan fingerprint density at radius 3 is 2.66 bits per heavy atom. The third-order valence-electron chi connectivity index (χ3n) is 4.92. The monoisotopic (exact) mass is 517 g/mol. The molecule has 6 heteroatoms. The number of carbonyl (C=O) groups is 1. The summed E-state index contributed by atoms with van der Waals surface area (Å²) in [5, 5.41) is 5.23. The number of nitrogens with one attached hydrogen (secondary N) is 1. The molecule has 4 nitrogen and oxygen atoms in total. The van der Waals surface area contributed by atoms with Gasteiger partial charge < -0.3 is 34.2 Å². The average molecular weight is 517 g/mol. The second-order valence-corrected chi connectivity index (χ2v) is 7.82. The lowest BCUT2D eigenvalue weighted by Gasteiger charge is -2.17. The molecule has 0 fully saturated rings. The fourth-order valence-corrected chi connectivity index (χ4v) is 4.88. The fraction of sp³-hybridized carbons (Fsp3) is 0.217. The largest absolute Gasteiger partial charge is 1.00 e. The third-order valence-corrected chi connectivity index (χ3v) is 6.04. The van der Waals surface area contributed by atoms with Crippen LogP contribution in [-0.4, -0.2) is 12.5 Å². The lowest BCUT2D eigenvalue weighted by atomic mass is 10.1. The van der Waals surface area contributed by atoms with Gasteiger partial charge in [-0.15, -0.1) is 0 Å². The highest BCUT2D eigenvalue weighted by molar-refractivity contribution is 8.03. The lowest BCUT2D eigenvalue weighted by Crippen LogP contribution is -3.00.